The smallest absolute Gasteiger partial charge is 0.159 e. The second-order valence-electron chi connectivity index (χ2n) is 9.09. The fourth-order valence-electron chi connectivity index (χ4n) is 3.47. The number of benzene rings is 1. The Morgan fingerprint density at radius 1 is 1.09 bits per heavy atom. The van der Waals surface area contributed by atoms with Crippen molar-refractivity contribution >= 4 is 11.6 Å². The van der Waals surface area contributed by atoms with E-state index in [4.69, 9.17) is 4.74 Å². The number of carbonyl (C=O) groups excluding carboxylic acids is 2. The quantitative estimate of drug-likeness (QED) is 0.269. The number of ether oxygens (including phenoxy) is 1. The van der Waals surface area contributed by atoms with Crippen molar-refractivity contribution in [1.29, 1.82) is 0 Å². The number of hydrogen-bond donors (Lipinski definition) is 1. The number of aryl methyl sites for hydroxylation is 1. The number of Topliss-reactive ketones (excluding diaryl/α,β-unsaturated/α-hetero) is 1. The highest BCUT2D eigenvalue weighted by atomic mass is 16.5. The highest BCUT2D eigenvalue weighted by molar-refractivity contribution is 5.91. The van der Waals surface area contributed by atoms with E-state index in [-0.39, 0.29) is 23.2 Å². The van der Waals surface area contributed by atoms with Crippen LogP contribution in [0.4, 0.5) is 0 Å². The van der Waals surface area contributed by atoms with Crippen LogP contribution in [0.25, 0.3) is 0 Å². The monoisotopic (exact) mass is 440 g/mol. The van der Waals surface area contributed by atoms with Crippen LogP contribution in [-0.2, 0) is 16.0 Å². The SMILES string of the molecule is COc1cc(C)c(O)c(CC=C(C)CC(=O)C=C(C)CCC[C@@H](C)C(=O)CC=C(C)C)c1. The molecule has 4 heteroatoms. The Morgan fingerprint density at radius 2 is 1.78 bits per heavy atom. The van der Waals surface area contributed by atoms with E-state index in [1.165, 1.54) is 5.57 Å². The van der Waals surface area contributed by atoms with Crippen molar-refractivity contribution in [3.8, 4) is 11.5 Å². The van der Waals surface area contributed by atoms with Crippen LogP contribution in [-0.4, -0.2) is 23.8 Å². The lowest BCUT2D eigenvalue weighted by molar-refractivity contribution is -0.121. The Hall–Kier alpha value is -2.62. The van der Waals surface area contributed by atoms with Crippen molar-refractivity contribution < 1.29 is 19.4 Å². The number of aromatic hydroxyl groups is 1. The predicted octanol–water partition coefficient (Wildman–Crippen LogP) is 6.84. The summed E-state index contributed by atoms with van der Waals surface area (Å²) in [6, 6.07) is 3.62. The number of phenols is 1. The molecule has 0 heterocycles. The van der Waals surface area contributed by atoms with Crippen molar-refractivity contribution in [2.24, 2.45) is 5.92 Å². The Kier molecular flexibility index (Phi) is 11.8. The van der Waals surface area contributed by atoms with Gasteiger partial charge in [-0.1, -0.05) is 35.8 Å². The summed E-state index contributed by atoms with van der Waals surface area (Å²) in [4.78, 5) is 24.5. The lowest BCUT2D eigenvalue weighted by atomic mass is 9.95. The number of ketones is 2. The molecule has 1 atom stereocenters. The summed E-state index contributed by atoms with van der Waals surface area (Å²) >= 11 is 0. The van der Waals surface area contributed by atoms with Gasteiger partial charge in [0.25, 0.3) is 0 Å². The molecule has 176 valence electrons. The molecule has 0 spiro atoms. The number of allylic oxidation sites excluding steroid dienone is 6. The molecular weight excluding hydrogens is 400 g/mol. The van der Waals surface area contributed by atoms with E-state index < -0.39 is 0 Å². The van der Waals surface area contributed by atoms with Gasteiger partial charge in [0.15, 0.2) is 5.78 Å². The van der Waals surface area contributed by atoms with Crippen molar-refractivity contribution in [2.45, 2.75) is 80.1 Å². The molecule has 0 saturated heterocycles. The summed E-state index contributed by atoms with van der Waals surface area (Å²) in [6.07, 6.45) is 9.67. The fraction of sp³-hybridized carbons (Fsp3) is 0.500. The van der Waals surface area contributed by atoms with Gasteiger partial charge < -0.3 is 9.84 Å². The van der Waals surface area contributed by atoms with Crippen LogP contribution >= 0.6 is 0 Å². The van der Waals surface area contributed by atoms with Gasteiger partial charge in [0.05, 0.1) is 7.11 Å². The summed E-state index contributed by atoms with van der Waals surface area (Å²) in [5.74, 6) is 1.39. The average Bonchev–Trinajstić information content (AvgIpc) is 2.72. The Balaban J connectivity index is 2.53. The van der Waals surface area contributed by atoms with Crippen molar-refractivity contribution in [2.75, 3.05) is 7.11 Å². The van der Waals surface area contributed by atoms with Crippen LogP contribution in [0.15, 0.2) is 47.1 Å². The van der Waals surface area contributed by atoms with Crippen LogP contribution < -0.4 is 4.74 Å². The van der Waals surface area contributed by atoms with Crippen LogP contribution in [0.5, 0.6) is 11.5 Å². The number of hydrogen-bond acceptors (Lipinski definition) is 4. The molecule has 1 N–H and O–H groups in total. The first-order valence-electron chi connectivity index (χ1n) is 11.4. The van der Waals surface area contributed by atoms with Gasteiger partial charge in [-0.25, -0.2) is 0 Å². The molecule has 0 aromatic heterocycles. The van der Waals surface area contributed by atoms with Crippen LogP contribution in [0.2, 0.25) is 0 Å². The zero-order chi connectivity index (χ0) is 24.3. The molecule has 0 aliphatic carbocycles. The van der Waals surface area contributed by atoms with E-state index in [2.05, 4.69) is 0 Å². The van der Waals surface area contributed by atoms with Crippen LogP contribution in [0.3, 0.4) is 0 Å². The number of carbonyl (C=O) groups is 2. The van der Waals surface area contributed by atoms with Crippen molar-refractivity contribution in [3.63, 3.8) is 0 Å². The predicted molar refractivity (Wildman–Crippen MR) is 132 cm³/mol. The molecule has 4 nitrogen and oxygen atoms in total. The molecule has 0 saturated carbocycles. The molecule has 1 aromatic rings. The third-order valence-electron chi connectivity index (χ3n) is 5.59. The highest BCUT2D eigenvalue weighted by Crippen LogP contribution is 2.28. The molecule has 0 aliphatic rings. The van der Waals surface area contributed by atoms with E-state index in [1.807, 2.05) is 59.8 Å². The lowest BCUT2D eigenvalue weighted by Gasteiger charge is -2.10. The maximum atomic E-state index is 12.4. The first kappa shape index (κ1) is 27.4. The number of rotatable bonds is 13. The molecule has 0 amide bonds. The van der Waals surface area contributed by atoms with Gasteiger partial charge in [-0.05, 0) is 84.1 Å². The van der Waals surface area contributed by atoms with Gasteiger partial charge in [0.2, 0.25) is 0 Å². The highest BCUT2D eigenvalue weighted by Gasteiger charge is 2.11. The summed E-state index contributed by atoms with van der Waals surface area (Å²) in [7, 11) is 1.60. The topological polar surface area (TPSA) is 63.6 Å². The molecular formula is C28H40O4. The van der Waals surface area contributed by atoms with Crippen LogP contribution in [0.1, 0.15) is 77.8 Å². The third-order valence-corrected chi connectivity index (χ3v) is 5.59. The maximum Gasteiger partial charge on any atom is 0.159 e. The van der Waals surface area contributed by atoms with E-state index >= 15 is 0 Å². The molecule has 32 heavy (non-hydrogen) atoms. The van der Waals surface area contributed by atoms with Crippen molar-refractivity contribution in [1.82, 2.24) is 0 Å². The molecule has 1 aromatic carbocycles. The van der Waals surface area contributed by atoms with Crippen molar-refractivity contribution in [3.05, 3.63) is 58.2 Å². The van der Waals surface area contributed by atoms with E-state index in [0.717, 1.165) is 41.5 Å². The summed E-state index contributed by atoms with van der Waals surface area (Å²) < 4.78 is 5.27. The average molecular weight is 441 g/mol. The minimum absolute atomic E-state index is 0.0518. The van der Waals surface area contributed by atoms with Gasteiger partial charge >= 0.3 is 0 Å². The minimum Gasteiger partial charge on any atom is -0.507 e. The molecule has 0 aliphatic heterocycles. The van der Waals surface area contributed by atoms with Gasteiger partial charge in [0, 0.05) is 24.3 Å². The largest absolute Gasteiger partial charge is 0.507 e. The maximum absolute atomic E-state index is 12.4. The molecule has 0 fully saturated rings. The summed E-state index contributed by atoms with van der Waals surface area (Å²) in [5.41, 5.74) is 4.74. The first-order valence-corrected chi connectivity index (χ1v) is 11.4. The number of methoxy groups -OCH3 is 1. The minimum atomic E-state index is 0.0518. The molecule has 0 bridgehead atoms. The normalized spacial score (nSPS) is 13.0. The van der Waals surface area contributed by atoms with E-state index in [9.17, 15) is 14.7 Å². The second-order valence-corrected chi connectivity index (χ2v) is 9.09. The van der Waals surface area contributed by atoms with Gasteiger partial charge in [-0.15, -0.1) is 0 Å². The lowest BCUT2D eigenvalue weighted by Crippen LogP contribution is -2.09. The van der Waals surface area contributed by atoms with Gasteiger partial charge in [0.1, 0.15) is 17.3 Å². The molecule has 0 radical (unpaired) electrons. The van der Waals surface area contributed by atoms with Gasteiger partial charge in [-0.2, -0.15) is 0 Å². The fourth-order valence-corrected chi connectivity index (χ4v) is 3.47. The molecule has 0 unspecified atom stereocenters. The Labute approximate surface area is 194 Å². The number of phenolic OH excluding ortho intramolecular Hbond substituents is 1. The zero-order valence-corrected chi connectivity index (χ0v) is 20.9. The standard InChI is InChI=1S/C28H40O4/c1-19(2)11-14-27(30)22(5)10-8-9-20(3)15-25(29)16-21(4)12-13-24-18-26(32-7)17-23(6)28(24)31/h11-12,15,17-18,22,31H,8-10,13-14,16H2,1-7H3/t22-/m1/s1. The van der Waals surface area contributed by atoms with E-state index in [1.54, 1.807) is 19.3 Å². The summed E-state index contributed by atoms with van der Waals surface area (Å²) in [5, 5.41) is 10.3. The molecule has 1 rings (SSSR count). The first-order chi connectivity index (χ1) is 15.0. The summed E-state index contributed by atoms with van der Waals surface area (Å²) in [6.45, 7) is 11.7. The van der Waals surface area contributed by atoms with Gasteiger partial charge in [-0.3, -0.25) is 9.59 Å². The van der Waals surface area contributed by atoms with Crippen LogP contribution in [0, 0.1) is 12.8 Å². The Morgan fingerprint density at radius 3 is 2.41 bits per heavy atom. The third kappa shape index (κ3) is 10.1. The van der Waals surface area contributed by atoms with E-state index in [0.29, 0.717) is 25.0 Å². The second kappa shape index (κ2) is 13.7. The zero-order valence-electron chi connectivity index (χ0n) is 20.9. The Bertz CT molecular complexity index is 883.